The number of hydrogen-bond donors (Lipinski definition) is 1. The van der Waals surface area contributed by atoms with Gasteiger partial charge in [0.05, 0.1) is 10.7 Å². The van der Waals surface area contributed by atoms with E-state index in [4.69, 9.17) is 16.3 Å². The number of rotatable bonds is 5. The van der Waals surface area contributed by atoms with Crippen LogP contribution in [0.5, 0.6) is 0 Å². The lowest BCUT2D eigenvalue weighted by Gasteiger charge is -2.06. The molecular formula is C16H15ClN2O3S. The van der Waals surface area contributed by atoms with Crippen LogP contribution < -0.4 is 5.32 Å². The first-order chi connectivity index (χ1) is 10.9. The van der Waals surface area contributed by atoms with E-state index in [2.05, 4.69) is 10.3 Å². The Morgan fingerprint density at radius 1 is 1.39 bits per heavy atom. The van der Waals surface area contributed by atoms with Gasteiger partial charge in [0.25, 0.3) is 5.91 Å². The van der Waals surface area contributed by atoms with Crippen molar-refractivity contribution >= 4 is 46.6 Å². The topological polar surface area (TPSA) is 68.3 Å². The molecule has 0 saturated carbocycles. The van der Waals surface area contributed by atoms with Gasteiger partial charge in [-0.2, -0.15) is 0 Å². The zero-order chi connectivity index (χ0) is 16.8. The third-order valence-corrected chi connectivity index (χ3v) is 4.03. The van der Waals surface area contributed by atoms with Gasteiger partial charge in [-0.05, 0) is 37.6 Å². The van der Waals surface area contributed by atoms with Crippen LogP contribution in [0.25, 0.3) is 6.08 Å². The highest BCUT2D eigenvalue weighted by Gasteiger charge is 2.07. The molecule has 2 rings (SSSR count). The highest BCUT2D eigenvalue weighted by Crippen LogP contribution is 2.19. The van der Waals surface area contributed by atoms with Gasteiger partial charge in [-0.25, -0.2) is 9.78 Å². The molecule has 1 heterocycles. The average molecular weight is 351 g/mol. The number of ether oxygens (including phenoxy) is 1. The predicted molar refractivity (Wildman–Crippen MR) is 91.7 cm³/mol. The van der Waals surface area contributed by atoms with Gasteiger partial charge < -0.3 is 10.1 Å². The minimum Gasteiger partial charge on any atom is -0.452 e. The third-order valence-electron chi connectivity index (χ3n) is 2.83. The number of anilines is 1. The van der Waals surface area contributed by atoms with Crippen LogP contribution in [0.1, 0.15) is 16.3 Å². The Morgan fingerprint density at radius 2 is 2.17 bits per heavy atom. The second-order valence-electron chi connectivity index (χ2n) is 4.74. The summed E-state index contributed by atoms with van der Waals surface area (Å²) in [6, 6.07) is 5.16. The Bertz CT molecular complexity index is 756. The normalized spacial score (nSPS) is 10.7. The summed E-state index contributed by atoms with van der Waals surface area (Å²) < 4.78 is 4.86. The van der Waals surface area contributed by atoms with Gasteiger partial charge in [-0.15, -0.1) is 11.3 Å². The molecule has 0 aliphatic heterocycles. The van der Waals surface area contributed by atoms with Crippen molar-refractivity contribution in [3.8, 4) is 0 Å². The fraction of sp³-hybridized carbons (Fsp3) is 0.188. The summed E-state index contributed by atoms with van der Waals surface area (Å²) in [6.07, 6.45) is 2.79. The second-order valence-corrected chi connectivity index (χ2v) is 6.21. The minimum absolute atomic E-state index is 0.370. The fourth-order valence-electron chi connectivity index (χ4n) is 1.66. The number of nitrogens with one attached hydrogen (secondary N) is 1. The number of aromatic nitrogens is 1. The summed E-state index contributed by atoms with van der Waals surface area (Å²) in [5, 5.41) is 5.90. The largest absolute Gasteiger partial charge is 0.452 e. The minimum atomic E-state index is -0.604. The number of hydrogen-bond acceptors (Lipinski definition) is 5. The molecule has 2 aromatic rings. The molecule has 0 aliphatic carbocycles. The van der Waals surface area contributed by atoms with E-state index in [9.17, 15) is 9.59 Å². The maximum atomic E-state index is 11.7. The summed E-state index contributed by atoms with van der Waals surface area (Å²) in [7, 11) is 0. The standard InChI is InChI=1S/C16H15ClN2O3S/c1-10-3-4-12(7-14(10)17)19-15(20)8-22-16(21)6-5-13-9-23-11(2)18-13/h3-7,9H,8H2,1-2H3,(H,19,20). The van der Waals surface area contributed by atoms with Crippen molar-refractivity contribution in [2.75, 3.05) is 11.9 Å². The van der Waals surface area contributed by atoms with Crippen molar-refractivity contribution in [3.05, 3.63) is 50.9 Å². The zero-order valence-electron chi connectivity index (χ0n) is 12.6. The number of nitrogens with zero attached hydrogens (tertiary/aromatic N) is 1. The number of amides is 1. The number of carbonyl (C=O) groups is 2. The molecule has 120 valence electrons. The number of carbonyl (C=O) groups excluding carboxylic acids is 2. The van der Waals surface area contributed by atoms with Gasteiger partial charge >= 0.3 is 5.97 Å². The molecule has 0 bridgehead atoms. The molecule has 5 nitrogen and oxygen atoms in total. The average Bonchev–Trinajstić information content (AvgIpc) is 2.92. The van der Waals surface area contributed by atoms with E-state index in [1.54, 1.807) is 24.3 Å². The number of halogens is 1. The van der Waals surface area contributed by atoms with Crippen LogP contribution in [-0.2, 0) is 14.3 Å². The van der Waals surface area contributed by atoms with Gasteiger partial charge in [0.1, 0.15) is 0 Å². The molecule has 7 heteroatoms. The second kappa shape index (κ2) is 7.89. The molecule has 1 N–H and O–H groups in total. The van der Waals surface area contributed by atoms with Gasteiger partial charge in [-0.3, -0.25) is 4.79 Å². The van der Waals surface area contributed by atoms with Crippen LogP contribution in [0.2, 0.25) is 5.02 Å². The van der Waals surface area contributed by atoms with Crippen molar-refractivity contribution in [1.82, 2.24) is 4.98 Å². The lowest BCUT2D eigenvalue weighted by atomic mass is 10.2. The van der Waals surface area contributed by atoms with E-state index in [1.807, 2.05) is 19.2 Å². The lowest BCUT2D eigenvalue weighted by molar-refractivity contribution is -0.142. The van der Waals surface area contributed by atoms with Crippen molar-refractivity contribution in [2.24, 2.45) is 0 Å². The SMILES string of the molecule is Cc1nc(C=CC(=O)OCC(=O)Nc2ccc(C)c(Cl)c2)cs1. The summed E-state index contributed by atoms with van der Waals surface area (Å²) in [5.41, 5.74) is 2.15. The Labute approximate surface area is 143 Å². The summed E-state index contributed by atoms with van der Waals surface area (Å²) >= 11 is 7.46. The van der Waals surface area contributed by atoms with E-state index >= 15 is 0 Å². The quantitative estimate of drug-likeness (QED) is 0.660. The number of thiazole rings is 1. The molecule has 0 atom stereocenters. The Balaban J connectivity index is 1.80. The fourth-order valence-corrected chi connectivity index (χ4v) is 2.42. The van der Waals surface area contributed by atoms with Crippen LogP contribution in [0, 0.1) is 13.8 Å². The Kier molecular flexibility index (Phi) is 5.90. The molecule has 0 fully saturated rings. The Morgan fingerprint density at radius 3 is 2.83 bits per heavy atom. The summed E-state index contributed by atoms with van der Waals surface area (Å²) in [5.74, 6) is -1.04. The predicted octanol–water partition coefficient (Wildman–Crippen LogP) is 3.61. The van der Waals surface area contributed by atoms with Gasteiger partial charge in [0, 0.05) is 22.2 Å². The van der Waals surface area contributed by atoms with E-state index in [0.29, 0.717) is 16.4 Å². The maximum Gasteiger partial charge on any atom is 0.331 e. The maximum absolute atomic E-state index is 11.7. The van der Waals surface area contributed by atoms with Crippen molar-refractivity contribution in [3.63, 3.8) is 0 Å². The van der Waals surface area contributed by atoms with Gasteiger partial charge in [-0.1, -0.05) is 17.7 Å². The molecule has 1 amide bonds. The molecule has 23 heavy (non-hydrogen) atoms. The van der Waals surface area contributed by atoms with Crippen LogP contribution in [0.15, 0.2) is 29.7 Å². The van der Waals surface area contributed by atoms with E-state index < -0.39 is 11.9 Å². The summed E-state index contributed by atoms with van der Waals surface area (Å²) in [4.78, 5) is 27.5. The highest BCUT2D eigenvalue weighted by atomic mass is 35.5. The number of benzene rings is 1. The molecule has 0 spiro atoms. The monoisotopic (exact) mass is 350 g/mol. The molecule has 0 unspecified atom stereocenters. The van der Waals surface area contributed by atoms with Gasteiger partial charge in [0.2, 0.25) is 0 Å². The first-order valence-corrected chi connectivity index (χ1v) is 8.03. The van der Waals surface area contributed by atoms with Crippen LogP contribution in [0.3, 0.4) is 0 Å². The zero-order valence-corrected chi connectivity index (χ0v) is 14.2. The van der Waals surface area contributed by atoms with E-state index in [0.717, 1.165) is 10.6 Å². The highest BCUT2D eigenvalue weighted by molar-refractivity contribution is 7.09. The lowest BCUT2D eigenvalue weighted by Crippen LogP contribution is -2.20. The molecule has 0 aliphatic rings. The Hall–Kier alpha value is -2.18. The van der Waals surface area contributed by atoms with Gasteiger partial charge in [0.15, 0.2) is 6.61 Å². The third kappa shape index (κ3) is 5.50. The molecular weight excluding hydrogens is 336 g/mol. The number of esters is 1. The van der Waals surface area contributed by atoms with Crippen LogP contribution in [-0.4, -0.2) is 23.5 Å². The molecule has 1 aromatic carbocycles. The number of aryl methyl sites for hydroxylation is 2. The van der Waals surface area contributed by atoms with E-state index in [1.165, 1.54) is 17.4 Å². The van der Waals surface area contributed by atoms with Crippen molar-refractivity contribution in [1.29, 1.82) is 0 Å². The molecule has 0 saturated heterocycles. The molecule has 0 radical (unpaired) electrons. The van der Waals surface area contributed by atoms with Crippen molar-refractivity contribution < 1.29 is 14.3 Å². The van der Waals surface area contributed by atoms with E-state index in [-0.39, 0.29) is 6.61 Å². The first kappa shape index (κ1) is 17.2. The summed E-state index contributed by atoms with van der Waals surface area (Å²) in [6.45, 7) is 3.37. The van der Waals surface area contributed by atoms with Crippen LogP contribution >= 0.6 is 22.9 Å². The first-order valence-electron chi connectivity index (χ1n) is 6.77. The van der Waals surface area contributed by atoms with Crippen LogP contribution in [0.4, 0.5) is 5.69 Å². The molecule has 1 aromatic heterocycles. The smallest absolute Gasteiger partial charge is 0.331 e. The van der Waals surface area contributed by atoms with Crippen molar-refractivity contribution in [2.45, 2.75) is 13.8 Å².